The van der Waals surface area contributed by atoms with Crippen molar-refractivity contribution in [1.29, 1.82) is 0 Å². The minimum absolute atomic E-state index is 0.0160. The second-order valence-corrected chi connectivity index (χ2v) is 7.05. The SMILES string of the molecule is CCCCCCCOc1cccc(NC(=O)CNC2CCCCC2)c1. The lowest BCUT2D eigenvalue weighted by Crippen LogP contribution is -2.37. The third-order valence-electron chi connectivity index (χ3n) is 4.79. The van der Waals surface area contributed by atoms with Crippen molar-refractivity contribution in [1.82, 2.24) is 5.32 Å². The molecular weight excluding hydrogens is 312 g/mol. The number of hydrogen-bond donors (Lipinski definition) is 2. The van der Waals surface area contributed by atoms with E-state index in [1.165, 1.54) is 57.8 Å². The van der Waals surface area contributed by atoms with E-state index >= 15 is 0 Å². The van der Waals surface area contributed by atoms with Crippen LogP contribution in [0.25, 0.3) is 0 Å². The largest absolute Gasteiger partial charge is 0.494 e. The normalized spacial score (nSPS) is 15.1. The van der Waals surface area contributed by atoms with Crippen LogP contribution in [0.1, 0.15) is 71.1 Å². The Morgan fingerprint density at radius 2 is 1.92 bits per heavy atom. The van der Waals surface area contributed by atoms with Gasteiger partial charge in [0.15, 0.2) is 0 Å². The molecule has 1 aromatic carbocycles. The first-order valence-electron chi connectivity index (χ1n) is 10.0. The number of carbonyl (C=O) groups is 1. The molecule has 4 heteroatoms. The fourth-order valence-corrected chi connectivity index (χ4v) is 3.31. The fourth-order valence-electron chi connectivity index (χ4n) is 3.31. The van der Waals surface area contributed by atoms with E-state index in [1.54, 1.807) is 0 Å². The van der Waals surface area contributed by atoms with Gasteiger partial charge >= 0.3 is 0 Å². The monoisotopic (exact) mass is 346 g/mol. The topological polar surface area (TPSA) is 50.4 Å². The van der Waals surface area contributed by atoms with Crippen LogP contribution in [0.3, 0.4) is 0 Å². The van der Waals surface area contributed by atoms with Crippen LogP contribution in [0, 0.1) is 0 Å². The smallest absolute Gasteiger partial charge is 0.238 e. The molecule has 25 heavy (non-hydrogen) atoms. The van der Waals surface area contributed by atoms with Crippen LogP contribution in [-0.4, -0.2) is 25.1 Å². The van der Waals surface area contributed by atoms with Crippen LogP contribution in [0.4, 0.5) is 5.69 Å². The summed E-state index contributed by atoms with van der Waals surface area (Å²) in [5.74, 6) is 0.843. The van der Waals surface area contributed by atoms with E-state index in [9.17, 15) is 4.79 Å². The van der Waals surface area contributed by atoms with E-state index in [1.807, 2.05) is 24.3 Å². The summed E-state index contributed by atoms with van der Waals surface area (Å²) < 4.78 is 5.80. The Morgan fingerprint density at radius 1 is 1.12 bits per heavy atom. The van der Waals surface area contributed by atoms with Crippen molar-refractivity contribution < 1.29 is 9.53 Å². The Labute approximate surface area is 152 Å². The van der Waals surface area contributed by atoms with Gasteiger partial charge in [-0.15, -0.1) is 0 Å². The van der Waals surface area contributed by atoms with Crippen LogP contribution in [0.5, 0.6) is 5.75 Å². The van der Waals surface area contributed by atoms with Crippen molar-refractivity contribution in [3.8, 4) is 5.75 Å². The van der Waals surface area contributed by atoms with Crippen LogP contribution in [0.2, 0.25) is 0 Å². The molecule has 2 rings (SSSR count). The molecule has 140 valence electrons. The number of amides is 1. The molecule has 4 nitrogen and oxygen atoms in total. The van der Waals surface area contributed by atoms with Gasteiger partial charge in [-0.25, -0.2) is 0 Å². The number of rotatable bonds is 11. The van der Waals surface area contributed by atoms with Gasteiger partial charge in [0.1, 0.15) is 5.75 Å². The number of anilines is 1. The lowest BCUT2D eigenvalue weighted by Gasteiger charge is -2.22. The summed E-state index contributed by atoms with van der Waals surface area (Å²) in [5, 5.41) is 6.33. The summed E-state index contributed by atoms with van der Waals surface area (Å²) in [5.41, 5.74) is 0.805. The second kappa shape index (κ2) is 11.9. The van der Waals surface area contributed by atoms with Crippen LogP contribution < -0.4 is 15.4 Å². The minimum atomic E-state index is 0.0160. The van der Waals surface area contributed by atoms with Gasteiger partial charge in [0.05, 0.1) is 13.2 Å². The van der Waals surface area contributed by atoms with Gasteiger partial charge in [-0.1, -0.05) is 57.9 Å². The number of unbranched alkanes of at least 4 members (excludes halogenated alkanes) is 4. The summed E-state index contributed by atoms with van der Waals surface area (Å²) in [6.45, 7) is 3.35. The van der Waals surface area contributed by atoms with Crippen molar-refractivity contribution in [2.75, 3.05) is 18.5 Å². The zero-order chi connectivity index (χ0) is 17.7. The van der Waals surface area contributed by atoms with Crippen molar-refractivity contribution in [3.63, 3.8) is 0 Å². The maximum atomic E-state index is 12.1. The van der Waals surface area contributed by atoms with Crippen molar-refractivity contribution in [2.45, 2.75) is 77.2 Å². The molecule has 2 N–H and O–H groups in total. The van der Waals surface area contributed by atoms with E-state index < -0.39 is 0 Å². The molecule has 1 fully saturated rings. The predicted octanol–water partition coefficient (Wildman–Crippen LogP) is 4.90. The van der Waals surface area contributed by atoms with E-state index in [0.717, 1.165) is 24.5 Å². The molecule has 1 amide bonds. The molecule has 1 saturated carbocycles. The van der Waals surface area contributed by atoms with Gasteiger partial charge in [-0.2, -0.15) is 0 Å². The molecule has 0 saturated heterocycles. The number of ether oxygens (including phenoxy) is 1. The molecular formula is C21H34N2O2. The fraction of sp³-hybridized carbons (Fsp3) is 0.667. The Bertz CT molecular complexity index is 498. The first-order chi connectivity index (χ1) is 12.3. The number of nitrogens with one attached hydrogen (secondary N) is 2. The zero-order valence-corrected chi connectivity index (χ0v) is 15.7. The van der Waals surface area contributed by atoms with Gasteiger partial charge in [0, 0.05) is 17.8 Å². The average molecular weight is 347 g/mol. The molecule has 0 unspecified atom stereocenters. The zero-order valence-electron chi connectivity index (χ0n) is 15.7. The van der Waals surface area contributed by atoms with E-state index in [2.05, 4.69) is 17.6 Å². The predicted molar refractivity (Wildman–Crippen MR) is 104 cm³/mol. The first kappa shape index (κ1) is 19.8. The van der Waals surface area contributed by atoms with Gasteiger partial charge in [0.25, 0.3) is 0 Å². The Kier molecular flexibility index (Phi) is 9.42. The van der Waals surface area contributed by atoms with E-state index in [4.69, 9.17) is 4.74 Å². The third-order valence-corrected chi connectivity index (χ3v) is 4.79. The summed E-state index contributed by atoms with van der Waals surface area (Å²) >= 11 is 0. The maximum absolute atomic E-state index is 12.1. The molecule has 1 aliphatic rings. The van der Waals surface area contributed by atoms with Gasteiger partial charge in [0.2, 0.25) is 5.91 Å². The second-order valence-electron chi connectivity index (χ2n) is 7.05. The van der Waals surface area contributed by atoms with E-state index in [0.29, 0.717) is 12.6 Å². The number of hydrogen-bond acceptors (Lipinski definition) is 3. The molecule has 0 heterocycles. The lowest BCUT2D eigenvalue weighted by atomic mass is 9.95. The Hall–Kier alpha value is -1.55. The van der Waals surface area contributed by atoms with Crippen molar-refractivity contribution in [3.05, 3.63) is 24.3 Å². The highest BCUT2D eigenvalue weighted by atomic mass is 16.5. The lowest BCUT2D eigenvalue weighted by molar-refractivity contribution is -0.115. The standard InChI is InChI=1S/C21H34N2O2/c1-2-3-4-5-9-15-25-20-14-10-13-19(16-20)23-21(24)17-22-18-11-7-6-8-12-18/h10,13-14,16,18,22H,2-9,11-12,15,17H2,1H3,(H,23,24). The highest BCUT2D eigenvalue weighted by Gasteiger charge is 2.13. The van der Waals surface area contributed by atoms with Crippen LogP contribution in [0.15, 0.2) is 24.3 Å². The third kappa shape index (κ3) is 8.39. The first-order valence-corrected chi connectivity index (χ1v) is 10.0. The van der Waals surface area contributed by atoms with Crippen LogP contribution in [-0.2, 0) is 4.79 Å². The molecule has 0 radical (unpaired) electrons. The van der Waals surface area contributed by atoms with E-state index in [-0.39, 0.29) is 5.91 Å². The molecule has 1 aliphatic carbocycles. The molecule has 0 aliphatic heterocycles. The quantitative estimate of drug-likeness (QED) is 0.561. The highest BCUT2D eigenvalue weighted by molar-refractivity contribution is 5.92. The Morgan fingerprint density at radius 3 is 2.72 bits per heavy atom. The average Bonchev–Trinajstić information content (AvgIpc) is 2.64. The molecule has 0 atom stereocenters. The number of carbonyl (C=O) groups excluding carboxylic acids is 1. The maximum Gasteiger partial charge on any atom is 0.238 e. The van der Waals surface area contributed by atoms with Gasteiger partial charge < -0.3 is 15.4 Å². The molecule has 1 aromatic rings. The highest BCUT2D eigenvalue weighted by Crippen LogP contribution is 2.19. The Balaban J connectivity index is 1.66. The number of benzene rings is 1. The van der Waals surface area contributed by atoms with Crippen molar-refractivity contribution >= 4 is 11.6 Å². The molecule has 0 bridgehead atoms. The van der Waals surface area contributed by atoms with Crippen LogP contribution >= 0.6 is 0 Å². The van der Waals surface area contributed by atoms with Crippen molar-refractivity contribution in [2.24, 2.45) is 0 Å². The summed E-state index contributed by atoms with van der Waals surface area (Å²) in [7, 11) is 0. The molecule has 0 spiro atoms. The molecule has 0 aromatic heterocycles. The van der Waals surface area contributed by atoms with Gasteiger partial charge in [-0.3, -0.25) is 4.79 Å². The summed E-state index contributed by atoms with van der Waals surface area (Å²) in [6.07, 6.45) is 12.4. The minimum Gasteiger partial charge on any atom is -0.494 e. The summed E-state index contributed by atoms with van der Waals surface area (Å²) in [6, 6.07) is 8.19. The van der Waals surface area contributed by atoms with Gasteiger partial charge in [-0.05, 0) is 31.4 Å². The summed E-state index contributed by atoms with van der Waals surface area (Å²) in [4.78, 5) is 12.1.